The number of aromatic nitrogens is 1. The van der Waals surface area contributed by atoms with Crippen LogP contribution < -0.4 is 0 Å². The molecule has 1 N–H and O–H groups in total. The van der Waals surface area contributed by atoms with Crippen LogP contribution in [0.2, 0.25) is 0 Å². The molecule has 1 aromatic heterocycles. The van der Waals surface area contributed by atoms with Gasteiger partial charge in [-0.05, 0) is 26.6 Å². The molecule has 2 heterocycles. The third-order valence-electron chi connectivity index (χ3n) is 3.69. The van der Waals surface area contributed by atoms with Gasteiger partial charge in [-0.25, -0.2) is 0 Å². The first-order valence-electron chi connectivity index (χ1n) is 7.13. The van der Waals surface area contributed by atoms with Gasteiger partial charge >= 0.3 is 0 Å². The number of likely N-dealkylation sites (tertiary alicyclic amines) is 1. The molecular formula is C16H21N3O2. The van der Waals surface area contributed by atoms with E-state index in [1.165, 1.54) is 0 Å². The van der Waals surface area contributed by atoms with Gasteiger partial charge in [0.25, 0.3) is 5.91 Å². The molecule has 2 rings (SSSR count). The predicted octanol–water partition coefficient (Wildman–Crippen LogP) is 0.592. The summed E-state index contributed by atoms with van der Waals surface area (Å²) in [6.45, 7) is 1.54. The number of carbonyl (C=O) groups is 1. The minimum atomic E-state index is 0.00930. The van der Waals surface area contributed by atoms with Gasteiger partial charge in [-0.2, -0.15) is 0 Å². The Kier molecular flexibility index (Phi) is 5.32. The summed E-state index contributed by atoms with van der Waals surface area (Å²) in [5.41, 5.74) is 1.22. The highest BCUT2D eigenvalue weighted by molar-refractivity contribution is 5.96. The van der Waals surface area contributed by atoms with Crippen molar-refractivity contribution in [2.45, 2.75) is 18.9 Å². The molecule has 112 valence electrons. The van der Waals surface area contributed by atoms with E-state index in [0.29, 0.717) is 23.6 Å². The van der Waals surface area contributed by atoms with Crippen molar-refractivity contribution in [1.29, 1.82) is 0 Å². The summed E-state index contributed by atoms with van der Waals surface area (Å²) in [5, 5.41) is 8.78. The van der Waals surface area contributed by atoms with Gasteiger partial charge < -0.3 is 14.9 Å². The Labute approximate surface area is 125 Å². The standard InChI is InChI=1S/C16H21N3O2/c1-18(2)14-7-9-19(12-14)16(21)15-6-8-17-11-13(15)5-3-4-10-20/h6,8,11,14,20H,4,7,9-10,12H2,1-2H3. The van der Waals surface area contributed by atoms with Crippen LogP contribution in [0.15, 0.2) is 18.5 Å². The number of amides is 1. The Bertz CT molecular complexity index is 560. The molecule has 1 saturated heterocycles. The van der Waals surface area contributed by atoms with E-state index in [4.69, 9.17) is 5.11 Å². The van der Waals surface area contributed by atoms with Gasteiger partial charge in [-0.1, -0.05) is 11.8 Å². The van der Waals surface area contributed by atoms with Crippen molar-refractivity contribution in [3.8, 4) is 11.8 Å². The number of aliphatic hydroxyl groups is 1. The van der Waals surface area contributed by atoms with E-state index in [1.807, 2.05) is 19.0 Å². The van der Waals surface area contributed by atoms with Crippen molar-refractivity contribution in [3.63, 3.8) is 0 Å². The van der Waals surface area contributed by atoms with Crippen molar-refractivity contribution >= 4 is 5.91 Å². The molecule has 1 aromatic rings. The summed E-state index contributed by atoms with van der Waals surface area (Å²) in [5.74, 6) is 5.78. The van der Waals surface area contributed by atoms with Crippen LogP contribution in [0.4, 0.5) is 0 Å². The summed E-state index contributed by atoms with van der Waals surface area (Å²) >= 11 is 0. The molecule has 1 aliphatic heterocycles. The summed E-state index contributed by atoms with van der Waals surface area (Å²) in [4.78, 5) is 20.7. The quantitative estimate of drug-likeness (QED) is 0.827. The Morgan fingerprint density at radius 1 is 1.57 bits per heavy atom. The zero-order valence-corrected chi connectivity index (χ0v) is 12.5. The number of aliphatic hydroxyl groups excluding tert-OH is 1. The molecule has 0 spiro atoms. The highest BCUT2D eigenvalue weighted by atomic mass is 16.2. The molecule has 1 fully saturated rings. The normalized spacial score (nSPS) is 17.7. The largest absolute Gasteiger partial charge is 0.395 e. The van der Waals surface area contributed by atoms with Crippen LogP contribution in [0.3, 0.4) is 0 Å². The molecule has 1 aliphatic rings. The topological polar surface area (TPSA) is 56.7 Å². The maximum Gasteiger partial charge on any atom is 0.255 e. The SMILES string of the molecule is CN(C)C1CCN(C(=O)c2ccncc2C#CCCO)C1. The van der Waals surface area contributed by atoms with Crippen molar-refractivity contribution in [1.82, 2.24) is 14.8 Å². The first-order valence-corrected chi connectivity index (χ1v) is 7.13. The highest BCUT2D eigenvalue weighted by Crippen LogP contribution is 2.17. The van der Waals surface area contributed by atoms with Crippen LogP contribution in [-0.4, -0.2) is 65.6 Å². The molecule has 0 aliphatic carbocycles. The molecule has 0 bridgehead atoms. The van der Waals surface area contributed by atoms with Crippen LogP contribution in [-0.2, 0) is 0 Å². The van der Waals surface area contributed by atoms with Gasteiger partial charge in [-0.3, -0.25) is 9.78 Å². The molecule has 1 atom stereocenters. The Hall–Kier alpha value is -1.90. The fraction of sp³-hybridized carbons (Fsp3) is 0.500. The third-order valence-corrected chi connectivity index (χ3v) is 3.69. The average Bonchev–Trinajstić information content (AvgIpc) is 2.97. The second kappa shape index (κ2) is 7.21. The lowest BCUT2D eigenvalue weighted by Gasteiger charge is -2.20. The number of nitrogens with zero attached hydrogens (tertiary/aromatic N) is 3. The van der Waals surface area contributed by atoms with Crippen molar-refractivity contribution < 1.29 is 9.90 Å². The van der Waals surface area contributed by atoms with Crippen LogP contribution in [0.1, 0.15) is 28.8 Å². The first kappa shape index (κ1) is 15.5. The molecule has 0 saturated carbocycles. The first-order chi connectivity index (χ1) is 10.1. The maximum atomic E-state index is 12.6. The smallest absolute Gasteiger partial charge is 0.255 e. The van der Waals surface area contributed by atoms with Crippen LogP contribution in [0.25, 0.3) is 0 Å². The van der Waals surface area contributed by atoms with Gasteiger partial charge in [0.2, 0.25) is 0 Å². The summed E-state index contributed by atoms with van der Waals surface area (Å²) in [6.07, 6.45) is 4.62. The molecule has 1 amide bonds. The van der Waals surface area contributed by atoms with Crippen LogP contribution in [0.5, 0.6) is 0 Å². The van der Waals surface area contributed by atoms with E-state index in [1.54, 1.807) is 18.5 Å². The van der Waals surface area contributed by atoms with Crippen LogP contribution >= 0.6 is 0 Å². The van der Waals surface area contributed by atoms with Gasteiger partial charge in [0.1, 0.15) is 0 Å². The Morgan fingerprint density at radius 2 is 2.38 bits per heavy atom. The zero-order chi connectivity index (χ0) is 15.2. The van der Waals surface area contributed by atoms with E-state index in [9.17, 15) is 4.79 Å². The average molecular weight is 287 g/mol. The molecule has 0 radical (unpaired) electrons. The highest BCUT2D eigenvalue weighted by Gasteiger charge is 2.28. The number of likely N-dealkylation sites (N-methyl/N-ethyl adjacent to an activating group) is 1. The lowest BCUT2D eigenvalue weighted by atomic mass is 10.1. The second-order valence-electron chi connectivity index (χ2n) is 5.35. The monoisotopic (exact) mass is 287 g/mol. The van der Waals surface area contributed by atoms with Crippen LogP contribution in [0, 0.1) is 11.8 Å². The van der Waals surface area contributed by atoms with E-state index in [0.717, 1.165) is 19.5 Å². The number of rotatable bonds is 3. The second-order valence-corrected chi connectivity index (χ2v) is 5.35. The summed E-state index contributed by atoms with van der Waals surface area (Å²) in [6, 6.07) is 2.13. The van der Waals surface area contributed by atoms with E-state index >= 15 is 0 Å². The molecule has 21 heavy (non-hydrogen) atoms. The Balaban J connectivity index is 2.15. The predicted molar refractivity (Wildman–Crippen MR) is 80.8 cm³/mol. The molecule has 0 aromatic carbocycles. The van der Waals surface area contributed by atoms with Gasteiger partial charge in [-0.15, -0.1) is 0 Å². The maximum absolute atomic E-state index is 12.6. The number of pyridine rings is 1. The fourth-order valence-electron chi connectivity index (χ4n) is 2.41. The number of hydrogen-bond donors (Lipinski definition) is 1. The molecular weight excluding hydrogens is 266 g/mol. The molecule has 5 nitrogen and oxygen atoms in total. The van der Waals surface area contributed by atoms with Crippen molar-refractivity contribution in [3.05, 3.63) is 29.6 Å². The van der Waals surface area contributed by atoms with Crippen molar-refractivity contribution in [2.75, 3.05) is 33.8 Å². The molecule has 1 unspecified atom stereocenters. The van der Waals surface area contributed by atoms with Crippen molar-refractivity contribution in [2.24, 2.45) is 0 Å². The Morgan fingerprint density at radius 3 is 3.05 bits per heavy atom. The summed E-state index contributed by atoms with van der Waals surface area (Å²) in [7, 11) is 4.08. The van der Waals surface area contributed by atoms with E-state index in [2.05, 4.69) is 21.7 Å². The van der Waals surface area contributed by atoms with E-state index < -0.39 is 0 Å². The lowest BCUT2D eigenvalue weighted by molar-refractivity contribution is 0.0782. The van der Waals surface area contributed by atoms with Gasteiger partial charge in [0.15, 0.2) is 0 Å². The third kappa shape index (κ3) is 3.81. The lowest BCUT2D eigenvalue weighted by Crippen LogP contribution is -2.34. The van der Waals surface area contributed by atoms with E-state index in [-0.39, 0.29) is 12.5 Å². The minimum Gasteiger partial charge on any atom is -0.395 e. The van der Waals surface area contributed by atoms with Gasteiger partial charge in [0.05, 0.1) is 17.7 Å². The molecule has 5 heteroatoms. The van der Waals surface area contributed by atoms with Gasteiger partial charge in [0, 0.05) is 37.9 Å². The number of hydrogen-bond acceptors (Lipinski definition) is 4. The fourth-order valence-corrected chi connectivity index (χ4v) is 2.41. The summed E-state index contributed by atoms with van der Waals surface area (Å²) < 4.78 is 0. The minimum absolute atomic E-state index is 0.00930. The number of carbonyl (C=O) groups excluding carboxylic acids is 1. The zero-order valence-electron chi connectivity index (χ0n) is 12.5.